The number of hydrogen-bond acceptors (Lipinski definition) is 17. The lowest BCUT2D eigenvalue weighted by atomic mass is 9.44. The van der Waals surface area contributed by atoms with Gasteiger partial charge in [0, 0.05) is 105 Å². The molecule has 23 nitrogen and oxygen atoms in total. The Hall–Kier alpha value is -12.6. The van der Waals surface area contributed by atoms with Gasteiger partial charge in [-0.2, -0.15) is 21.0 Å². The zero-order valence-corrected chi connectivity index (χ0v) is 65.1. The number of likely N-dealkylation sites (tertiary alicyclic amines) is 1. The van der Waals surface area contributed by atoms with Gasteiger partial charge in [-0.3, -0.25) is 28.8 Å². The summed E-state index contributed by atoms with van der Waals surface area (Å²) in [4.78, 5) is 76.7. The molecule has 4 heterocycles. The maximum absolute atomic E-state index is 14.6. The van der Waals surface area contributed by atoms with Crippen molar-refractivity contribution in [2.24, 2.45) is 35.5 Å². The van der Waals surface area contributed by atoms with Crippen LogP contribution in [0.4, 0.5) is 47.3 Å². The smallest absolute Gasteiger partial charge is 0.248 e. The van der Waals surface area contributed by atoms with E-state index < -0.39 is 43.1 Å². The summed E-state index contributed by atoms with van der Waals surface area (Å²) in [6.45, 7) is 4.60. The maximum atomic E-state index is 14.6. The number of halogens is 3. The van der Waals surface area contributed by atoms with Crippen molar-refractivity contribution in [3.05, 3.63) is 192 Å². The molecule has 8 aromatic rings. The van der Waals surface area contributed by atoms with E-state index in [9.17, 15) is 68.1 Å². The number of ether oxygens (including phenoxy) is 3. The van der Waals surface area contributed by atoms with Crippen LogP contribution in [0.15, 0.2) is 170 Å². The van der Waals surface area contributed by atoms with Gasteiger partial charge in [0.05, 0.1) is 65.4 Å². The molecule has 18 rings (SSSR count). The Balaban J connectivity index is 0.000000130. The first-order valence-corrected chi connectivity index (χ1v) is 40.2. The molecule has 8 aromatic carbocycles. The first kappa shape index (κ1) is 82.0. The minimum Gasteiger partial charge on any atom is -0.489 e. The molecule has 0 aromatic heterocycles. The summed E-state index contributed by atoms with van der Waals surface area (Å²) in [7, 11) is 0. The quantitative estimate of drug-likeness (QED) is 0.0373. The van der Waals surface area contributed by atoms with Crippen LogP contribution in [0, 0.1) is 80.8 Å². The average molecular weight is 1600 g/mol. The summed E-state index contributed by atoms with van der Waals surface area (Å²) >= 11 is 0. The number of nitrogens with zero attached hydrogens (tertiary/aromatic N) is 7. The van der Waals surface area contributed by atoms with Crippen LogP contribution in [0.5, 0.6) is 11.5 Å². The van der Waals surface area contributed by atoms with Crippen LogP contribution < -0.4 is 45.9 Å². The second-order valence-electron chi connectivity index (χ2n) is 31.4. The van der Waals surface area contributed by atoms with Gasteiger partial charge < -0.3 is 65.7 Å². The topological polar surface area (TPSA) is 336 Å². The fraction of sp³-hybridized carbons (Fsp3) is 0.370. The number of alkyl halides is 3. The number of carbonyl (C=O) groups excluding carboxylic acids is 6. The third-order valence-electron chi connectivity index (χ3n) is 23.0. The van der Waals surface area contributed by atoms with E-state index in [4.69, 9.17) is 19.3 Å². The fourth-order valence-corrected chi connectivity index (χ4v) is 15.8. The Morgan fingerprint density at radius 1 is 0.475 bits per heavy atom. The van der Waals surface area contributed by atoms with E-state index in [0.29, 0.717) is 73.0 Å². The summed E-state index contributed by atoms with van der Waals surface area (Å²) in [6.07, 6.45) is 3.83. The minimum absolute atomic E-state index is 0.00734. The highest BCUT2D eigenvalue weighted by molar-refractivity contribution is 5.98. The predicted octanol–water partition coefficient (Wildman–Crippen LogP) is 13.6. The molecule has 2 unspecified atom stereocenters. The van der Waals surface area contributed by atoms with Crippen LogP contribution in [0.1, 0.15) is 99.8 Å². The lowest BCUT2D eigenvalue weighted by Crippen LogP contribution is -2.72. The molecule has 4 aliphatic heterocycles. The highest BCUT2D eigenvalue weighted by atomic mass is 19.1. The van der Waals surface area contributed by atoms with Crippen LogP contribution in [-0.4, -0.2) is 153 Å². The van der Waals surface area contributed by atoms with Crippen LogP contribution in [0.3, 0.4) is 0 Å². The summed E-state index contributed by atoms with van der Waals surface area (Å²) in [5.41, 5.74) is 13.3. The van der Waals surface area contributed by atoms with Gasteiger partial charge in [-0.1, -0.05) is 72.8 Å². The number of anilines is 6. The predicted molar refractivity (Wildman–Crippen MR) is 439 cm³/mol. The van der Waals surface area contributed by atoms with Crippen molar-refractivity contribution >= 4 is 69.6 Å². The molecular weight excluding hydrogens is 1510 g/mol. The third-order valence-corrected chi connectivity index (χ3v) is 23.0. The number of aliphatic hydroxyl groups is 2. The minimum atomic E-state index is -1.45. The Kier molecular flexibility index (Phi) is 25.8. The van der Waals surface area contributed by atoms with Crippen LogP contribution in [0.25, 0.3) is 44.5 Å². The Labute approximate surface area is 682 Å². The second kappa shape index (κ2) is 37.1. The molecule has 10 fully saturated rings. The molecule has 0 radical (unpaired) electrons. The van der Waals surface area contributed by atoms with Gasteiger partial charge in [0.2, 0.25) is 35.4 Å². The van der Waals surface area contributed by atoms with Crippen LogP contribution in [0.2, 0.25) is 0 Å². The zero-order valence-electron chi connectivity index (χ0n) is 65.1. The normalized spacial score (nSPS) is 22.4. The summed E-state index contributed by atoms with van der Waals surface area (Å²) in [5.74, 6) is 0.253. The van der Waals surface area contributed by atoms with E-state index in [2.05, 4.69) is 55.8 Å². The van der Waals surface area contributed by atoms with Crippen molar-refractivity contribution < 1.29 is 66.4 Å². The van der Waals surface area contributed by atoms with Crippen molar-refractivity contribution in [1.82, 2.24) is 10.2 Å². The first-order valence-electron chi connectivity index (χ1n) is 40.2. The number of piperidine rings is 1. The van der Waals surface area contributed by atoms with Gasteiger partial charge in [0.1, 0.15) is 66.9 Å². The van der Waals surface area contributed by atoms with Crippen molar-refractivity contribution in [2.75, 3.05) is 90.2 Å². The van der Waals surface area contributed by atoms with Crippen molar-refractivity contribution in [3.63, 3.8) is 0 Å². The number of β-amino-alcohol motifs (C(OH)–C–C–N with tert-alkyl or cyclic N) is 1. The molecule has 10 aliphatic rings. The zero-order chi connectivity index (χ0) is 82.7. The van der Waals surface area contributed by atoms with E-state index in [1.165, 1.54) is 11.8 Å². The average Bonchev–Trinajstić information content (AvgIpc) is 0.933. The SMILES string of the molecule is CC(=O)NC1C2CC1C2C(=O)Nc1cccc(-c2ccc(OC3CCOCC3)c(C#N)c2)c1.N#Cc1cc(-c2cccc(NC(=O)C3CC3)c2)ccc1N1CC[C@@H](O)C1.N#Cc1cc(-c2cccc(NC(=O)C3CC3)c2)ccc1N1CC[C@H](F)C1.N#Cc1cc(-c2cccc(NC(=O)[C@H]3C[C@@H]3F)c2)ccc1O[C@H]1CCN(C(=O)CO)C[C@H]1F. The highest BCUT2D eigenvalue weighted by Crippen LogP contribution is 2.59. The van der Waals surface area contributed by atoms with Gasteiger partial charge in [-0.25, -0.2) is 13.2 Å². The lowest BCUT2D eigenvalue weighted by molar-refractivity contribution is -0.163. The van der Waals surface area contributed by atoms with Gasteiger partial charge in [-0.15, -0.1) is 0 Å². The first-order chi connectivity index (χ1) is 57.2. The molecule has 606 valence electrons. The van der Waals surface area contributed by atoms with E-state index in [-0.39, 0.29) is 115 Å². The Bertz CT molecular complexity index is 5120. The number of benzene rings is 8. The summed E-state index contributed by atoms with van der Waals surface area (Å²) in [5, 5.41) is 71.6. The number of aliphatic hydroxyl groups excluding tert-OH is 2. The van der Waals surface area contributed by atoms with Gasteiger partial charge >= 0.3 is 0 Å². The molecule has 0 spiro atoms. The van der Waals surface area contributed by atoms with Crippen molar-refractivity contribution in [2.45, 2.75) is 120 Å². The molecule has 6 amide bonds. The summed E-state index contributed by atoms with van der Waals surface area (Å²) in [6, 6.07) is 61.0. The number of amides is 6. The number of hydrogen-bond donors (Lipinski definition) is 7. The maximum Gasteiger partial charge on any atom is 0.248 e. The molecule has 6 aliphatic carbocycles. The lowest BCUT2D eigenvalue weighted by Gasteiger charge is -2.63. The van der Waals surface area contributed by atoms with Crippen LogP contribution in [-0.2, 0) is 33.5 Å². The molecule has 26 heteroatoms. The van der Waals surface area contributed by atoms with Gasteiger partial charge in [0.15, 0.2) is 6.17 Å². The molecule has 8 atom stereocenters. The standard InChI is InChI=1S/C26H27N3O4.C24H23F2N3O4.C21H20FN3O.C21H21N3O2/c1-15(30)28-25-21-13-22(25)24(21)26(31)29-19-4-2-3-16(12-19)17-5-6-23(18(11-17)14-27)33-20-7-9-32-10-8-20;25-19-10-18(19)24(32)28-17-3-1-2-14(9-17)15-4-5-21(16(8-15)11-27)33-22-6-7-29(12-20(22)26)23(31)13-30;22-18-8-9-25(13-18)20-7-6-16(10-17(20)12-23)15-2-1-3-19(11-15)24-21(26)14-4-5-14;22-12-17-10-16(6-7-20(17)24-9-8-19(25)13-24)15-2-1-3-18(11-15)23-21(26)14-4-5-14/h2-6,11-12,20-22,24-25H,7-10,13H2,1H3,(H,28,30)(H,29,31);1-5,8-9,18-20,22,30H,6-7,10,12-13H2,(H,28,32);1-3,6-7,10-11,14,18H,4-5,8-9,13H2,(H,24,26);1-3,6-7,10-11,14,19,25H,4-5,8-9,13H2,(H,23,26)/t;18-,19-,20+,22-;18-;19-/m.001/s1. The van der Waals surface area contributed by atoms with Gasteiger partial charge in [0.25, 0.3) is 0 Å². The number of carbonyl (C=O) groups is 6. The van der Waals surface area contributed by atoms with E-state index in [1.54, 1.807) is 36.4 Å². The van der Waals surface area contributed by atoms with Crippen LogP contribution >= 0.6 is 0 Å². The van der Waals surface area contributed by atoms with E-state index >= 15 is 0 Å². The van der Waals surface area contributed by atoms with E-state index in [1.807, 2.05) is 138 Å². The molecule has 7 N–H and O–H groups in total. The number of nitrogens with one attached hydrogen (secondary N) is 5. The second-order valence-corrected chi connectivity index (χ2v) is 31.4. The number of nitriles is 4. The van der Waals surface area contributed by atoms with Crippen molar-refractivity contribution in [1.29, 1.82) is 21.0 Å². The summed E-state index contributed by atoms with van der Waals surface area (Å²) < 4.78 is 58.3. The molecule has 6 saturated carbocycles. The third kappa shape index (κ3) is 20.1. The Morgan fingerprint density at radius 3 is 1.31 bits per heavy atom. The number of rotatable bonds is 20. The molecule has 2 bridgehead atoms. The molecular formula is C92H91F3N12O11. The monoisotopic (exact) mass is 1600 g/mol. The highest BCUT2D eigenvalue weighted by Gasteiger charge is 2.64. The molecule has 118 heavy (non-hydrogen) atoms. The van der Waals surface area contributed by atoms with Crippen molar-refractivity contribution in [3.8, 4) is 80.3 Å². The Morgan fingerprint density at radius 2 is 0.907 bits per heavy atom. The van der Waals surface area contributed by atoms with Gasteiger partial charge in [-0.05, 0) is 205 Å². The van der Waals surface area contributed by atoms with E-state index in [0.717, 1.165) is 125 Å². The largest absolute Gasteiger partial charge is 0.489 e. The molecule has 4 saturated heterocycles. The fourth-order valence-electron chi connectivity index (χ4n) is 15.8.